The highest BCUT2D eigenvalue weighted by molar-refractivity contribution is 5.85. The molecule has 0 aliphatic heterocycles. The number of halogens is 1. The lowest BCUT2D eigenvalue weighted by Gasteiger charge is -1.99. The van der Waals surface area contributed by atoms with Gasteiger partial charge in [0.2, 0.25) is 0 Å². The van der Waals surface area contributed by atoms with Gasteiger partial charge in [-0.25, -0.2) is 0 Å². The van der Waals surface area contributed by atoms with Gasteiger partial charge >= 0.3 is 0 Å². The van der Waals surface area contributed by atoms with Gasteiger partial charge in [0.05, 0.1) is 0 Å². The van der Waals surface area contributed by atoms with E-state index >= 15 is 0 Å². The molecule has 0 bridgehead atoms. The van der Waals surface area contributed by atoms with E-state index in [1.165, 1.54) is 89.9 Å². The van der Waals surface area contributed by atoms with Crippen molar-refractivity contribution in [3.05, 3.63) is 12.2 Å². The van der Waals surface area contributed by atoms with Crippen LogP contribution in [-0.2, 0) is 0 Å². The smallest absolute Gasteiger partial charge is 0.00773 e. The van der Waals surface area contributed by atoms with Crippen LogP contribution in [-0.4, -0.2) is 19.6 Å². The third-order valence-electron chi connectivity index (χ3n) is 4.22. The topological polar surface area (TPSA) is 38.0 Å². The number of allylic oxidation sites excluding steroid dienone is 2. The number of nitrogens with one attached hydrogen (secondary N) is 1. The lowest BCUT2D eigenvalue weighted by Crippen LogP contribution is -2.09. The maximum Gasteiger partial charge on any atom is -0.00773 e. The zero-order valence-corrected chi connectivity index (χ0v) is 18.5. The van der Waals surface area contributed by atoms with E-state index < -0.39 is 0 Å². The molecular weight excluding hydrogens is 328 g/mol. The van der Waals surface area contributed by atoms with Crippen LogP contribution in [0.5, 0.6) is 0 Å². The minimum absolute atomic E-state index is 0. The van der Waals surface area contributed by atoms with Gasteiger partial charge in [0.25, 0.3) is 0 Å². The van der Waals surface area contributed by atoms with E-state index in [-0.39, 0.29) is 12.4 Å². The van der Waals surface area contributed by atoms with Gasteiger partial charge in [-0.15, -0.1) is 12.4 Å². The first-order chi connectivity index (χ1) is 11.8. The van der Waals surface area contributed by atoms with Crippen molar-refractivity contribution in [1.82, 2.24) is 5.32 Å². The molecule has 3 heteroatoms. The first kappa shape index (κ1) is 29.7. The molecule has 3 N–H and O–H groups in total. The van der Waals surface area contributed by atoms with Crippen LogP contribution < -0.4 is 11.1 Å². The van der Waals surface area contributed by atoms with Crippen molar-refractivity contribution in [3.8, 4) is 0 Å². The van der Waals surface area contributed by atoms with Gasteiger partial charge in [0, 0.05) is 0 Å². The Kier molecular flexibility index (Phi) is 37.7. The molecule has 0 heterocycles. The molecule has 0 atom stereocenters. The molecule has 2 nitrogen and oxygen atoms in total. The van der Waals surface area contributed by atoms with Gasteiger partial charge in [-0.05, 0) is 51.7 Å². The van der Waals surface area contributed by atoms with Crippen molar-refractivity contribution in [2.45, 2.75) is 111 Å². The lowest BCUT2D eigenvalue weighted by atomic mass is 10.1. The van der Waals surface area contributed by atoms with Crippen LogP contribution in [0.1, 0.15) is 111 Å². The summed E-state index contributed by atoms with van der Waals surface area (Å²) in [4.78, 5) is 0. The second kappa shape index (κ2) is 31.7. The van der Waals surface area contributed by atoms with Crippen molar-refractivity contribution < 1.29 is 0 Å². The Morgan fingerprint density at radius 1 is 0.600 bits per heavy atom. The highest BCUT2D eigenvalue weighted by Crippen LogP contribution is 2.09. The van der Waals surface area contributed by atoms with E-state index in [4.69, 9.17) is 5.73 Å². The Bertz CT molecular complexity index is 218. The summed E-state index contributed by atoms with van der Waals surface area (Å²) in [6.07, 6.45) is 23.9. The van der Waals surface area contributed by atoms with Crippen LogP contribution >= 0.6 is 12.4 Å². The molecule has 0 radical (unpaired) electrons. The second-order valence-electron chi connectivity index (χ2n) is 6.68. The second-order valence-corrected chi connectivity index (χ2v) is 6.68. The third-order valence-corrected chi connectivity index (χ3v) is 4.22. The maximum atomic E-state index is 5.47. The van der Waals surface area contributed by atoms with E-state index in [9.17, 15) is 0 Å². The Hall–Kier alpha value is -0.0500. The number of hydrogen-bond donors (Lipinski definition) is 2. The highest BCUT2D eigenvalue weighted by Gasteiger charge is 1.90. The summed E-state index contributed by atoms with van der Waals surface area (Å²) in [6, 6.07) is 0. The normalized spacial score (nSPS) is 10.4. The molecule has 0 aliphatic rings. The molecule has 0 aromatic carbocycles. The van der Waals surface area contributed by atoms with Crippen LogP contribution in [0.3, 0.4) is 0 Å². The van der Waals surface area contributed by atoms with Crippen LogP contribution in [0.25, 0.3) is 0 Å². The molecule has 0 saturated heterocycles. The first-order valence-corrected chi connectivity index (χ1v) is 10.9. The summed E-state index contributed by atoms with van der Waals surface area (Å²) in [7, 11) is 0. The molecule has 25 heavy (non-hydrogen) atoms. The average Bonchev–Trinajstić information content (AvgIpc) is 2.60. The molecule has 0 saturated carbocycles. The number of unbranched alkanes of at least 4 members (excludes halogenated alkanes) is 12. The van der Waals surface area contributed by atoms with Crippen LogP contribution in [0.2, 0.25) is 0 Å². The van der Waals surface area contributed by atoms with Crippen LogP contribution in [0, 0.1) is 0 Å². The van der Waals surface area contributed by atoms with Crippen molar-refractivity contribution in [2.75, 3.05) is 19.6 Å². The fraction of sp³-hybridized carbons (Fsp3) is 0.909. The van der Waals surface area contributed by atoms with Crippen molar-refractivity contribution in [3.63, 3.8) is 0 Å². The standard InChI is InChI=1S/C18H37N.C4H11N.ClH/c1-2-3-4-5-6-7-8-9-10-11-12-13-14-15-16-17-18-19;1-3-5-4-2;/h9-10H,2-8,11-19H2,1H3;5H,3-4H2,1-2H3;1H/b10-9-;;. The quantitative estimate of drug-likeness (QED) is 0.211. The summed E-state index contributed by atoms with van der Waals surface area (Å²) in [5.74, 6) is 0. The largest absolute Gasteiger partial charge is 0.330 e. The van der Waals surface area contributed by atoms with Gasteiger partial charge in [-0.3, -0.25) is 0 Å². The molecule has 0 spiro atoms. The maximum absolute atomic E-state index is 5.47. The van der Waals surface area contributed by atoms with Crippen LogP contribution in [0.15, 0.2) is 12.2 Å². The zero-order chi connectivity index (χ0) is 18.1. The molecule has 154 valence electrons. The van der Waals surface area contributed by atoms with E-state index in [1.54, 1.807) is 0 Å². The number of rotatable bonds is 17. The number of hydrogen-bond acceptors (Lipinski definition) is 2. The molecule has 0 aromatic heterocycles. The Morgan fingerprint density at radius 2 is 1.00 bits per heavy atom. The summed E-state index contributed by atoms with van der Waals surface area (Å²) < 4.78 is 0. The van der Waals surface area contributed by atoms with Gasteiger partial charge < -0.3 is 11.1 Å². The minimum atomic E-state index is 0. The van der Waals surface area contributed by atoms with Crippen molar-refractivity contribution in [1.29, 1.82) is 0 Å². The van der Waals surface area contributed by atoms with Gasteiger partial charge in [-0.1, -0.05) is 90.7 Å². The molecule has 0 amide bonds. The summed E-state index contributed by atoms with van der Waals surface area (Å²) in [5.41, 5.74) is 5.47. The fourth-order valence-corrected chi connectivity index (χ4v) is 2.64. The Labute approximate surface area is 166 Å². The SMILES string of the molecule is CCCCCCCC/C=C\CCCCCCCCN.CCNCC.Cl. The predicted molar refractivity (Wildman–Crippen MR) is 120 cm³/mol. The van der Waals surface area contributed by atoms with Crippen LogP contribution in [0.4, 0.5) is 0 Å². The Morgan fingerprint density at radius 3 is 1.36 bits per heavy atom. The lowest BCUT2D eigenvalue weighted by molar-refractivity contribution is 0.599. The first-order valence-electron chi connectivity index (χ1n) is 10.9. The highest BCUT2D eigenvalue weighted by atomic mass is 35.5. The van der Waals surface area contributed by atoms with Gasteiger partial charge in [0.15, 0.2) is 0 Å². The van der Waals surface area contributed by atoms with Crippen molar-refractivity contribution >= 4 is 12.4 Å². The number of nitrogens with two attached hydrogens (primary N) is 1. The molecule has 0 aliphatic carbocycles. The van der Waals surface area contributed by atoms with E-state index in [0.717, 1.165) is 19.6 Å². The minimum Gasteiger partial charge on any atom is -0.330 e. The average molecular weight is 377 g/mol. The Balaban J connectivity index is -0.000000704. The monoisotopic (exact) mass is 376 g/mol. The fourth-order valence-electron chi connectivity index (χ4n) is 2.64. The molecule has 0 aromatic rings. The van der Waals surface area contributed by atoms with Crippen molar-refractivity contribution in [2.24, 2.45) is 5.73 Å². The van der Waals surface area contributed by atoms with Gasteiger partial charge in [-0.2, -0.15) is 0 Å². The third kappa shape index (κ3) is 35.8. The van der Waals surface area contributed by atoms with E-state index in [1.807, 2.05) is 0 Å². The van der Waals surface area contributed by atoms with E-state index in [2.05, 4.69) is 38.2 Å². The molecule has 0 unspecified atom stereocenters. The molecular formula is C22H49ClN2. The van der Waals surface area contributed by atoms with E-state index in [0.29, 0.717) is 0 Å². The zero-order valence-electron chi connectivity index (χ0n) is 17.7. The van der Waals surface area contributed by atoms with Gasteiger partial charge in [0.1, 0.15) is 0 Å². The molecule has 0 fully saturated rings. The summed E-state index contributed by atoms with van der Waals surface area (Å²) >= 11 is 0. The summed E-state index contributed by atoms with van der Waals surface area (Å²) in [6.45, 7) is 9.53. The summed E-state index contributed by atoms with van der Waals surface area (Å²) in [5, 5.41) is 3.11. The predicted octanol–water partition coefficient (Wildman–Crippen LogP) is 7.02. The molecule has 0 rings (SSSR count).